The molecule has 1 atom stereocenters. The summed E-state index contributed by atoms with van der Waals surface area (Å²) in [4.78, 5) is 0. The zero-order valence-electron chi connectivity index (χ0n) is 8.05. The molecule has 0 aliphatic carbocycles. The molecule has 0 saturated carbocycles. The first kappa shape index (κ1) is 10.9. The van der Waals surface area contributed by atoms with E-state index in [9.17, 15) is 5.11 Å². The lowest BCUT2D eigenvalue weighted by Gasteiger charge is -2.28. The van der Waals surface area contributed by atoms with E-state index in [4.69, 9.17) is 4.74 Å². The van der Waals surface area contributed by atoms with E-state index >= 15 is 0 Å². The molecule has 11 heavy (non-hydrogen) atoms. The van der Waals surface area contributed by atoms with Crippen molar-refractivity contribution in [2.24, 2.45) is 5.41 Å². The Kier molecular flexibility index (Phi) is 4.69. The summed E-state index contributed by atoms with van der Waals surface area (Å²) in [5, 5.41) is 9.58. The van der Waals surface area contributed by atoms with Crippen LogP contribution in [-0.4, -0.2) is 24.4 Å². The fourth-order valence-electron chi connectivity index (χ4n) is 0.691. The average Bonchev–Trinajstić information content (AvgIpc) is 2.00. The summed E-state index contributed by atoms with van der Waals surface area (Å²) in [6.45, 7) is 9.25. The van der Waals surface area contributed by atoms with E-state index in [1.165, 1.54) is 0 Å². The predicted octanol–water partition coefficient (Wildman–Crippen LogP) is 1.82. The van der Waals surface area contributed by atoms with Crippen molar-refractivity contribution in [3.8, 4) is 0 Å². The highest BCUT2D eigenvalue weighted by Gasteiger charge is 2.25. The second kappa shape index (κ2) is 4.73. The quantitative estimate of drug-likeness (QED) is 0.664. The molecule has 0 radical (unpaired) electrons. The van der Waals surface area contributed by atoms with Crippen molar-refractivity contribution in [1.82, 2.24) is 0 Å². The summed E-state index contributed by atoms with van der Waals surface area (Å²) in [6.07, 6.45) is 0.633. The molecule has 0 aromatic heterocycles. The fourth-order valence-corrected chi connectivity index (χ4v) is 0.691. The minimum absolute atomic E-state index is 0.0187. The first-order chi connectivity index (χ1) is 5.04. The molecule has 0 amide bonds. The van der Waals surface area contributed by atoms with Gasteiger partial charge in [0.25, 0.3) is 0 Å². The molecule has 0 aliphatic rings. The van der Waals surface area contributed by atoms with E-state index < -0.39 is 0 Å². The Morgan fingerprint density at radius 2 is 1.91 bits per heavy atom. The van der Waals surface area contributed by atoms with Gasteiger partial charge < -0.3 is 9.84 Å². The van der Waals surface area contributed by atoms with Crippen LogP contribution >= 0.6 is 0 Å². The second-order valence-electron chi connectivity index (χ2n) is 3.52. The van der Waals surface area contributed by atoms with Gasteiger partial charge in [0.1, 0.15) is 0 Å². The minimum Gasteiger partial charge on any atom is -0.390 e. The molecule has 0 heterocycles. The van der Waals surface area contributed by atoms with Crippen LogP contribution in [0.2, 0.25) is 0 Å². The van der Waals surface area contributed by atoms with Gasteiger partial charge in [0.05, 0.1) is 12.7 Å². The SMILES string of the molecule is CCOCC(O)C(C)(C)CC. The van der Waals surface area contributed by atoms with Crippen molar-refractivity contribution >= 4 is 0 Å². The summed E-state index contributed by atoms with van der Waals surface area (Å²) in [7, 11) is 0. The van der Waals surface area contributed by atoms with Crippen LogP contribution in [0.25, 0.3) is 0 Å². The van der Waals surface area contributed by atoms with E-state index in [1.807, 2.05) is 6.92 Å². The van der Waals surface area contributed by atoms with Crippen molar-refractivity contribution in [2.75, 3.05) is 13.2 Å². The highest BCUT2D eigenvalue weighted by Crippen LogP contribution is 2.24. The summed E-state index contributed by atoms with van der Waals surface area (Å²) >= 11 is 0. The van der Waals surface area contributed by atoms with Gasteiger partial charge in [-0.15, -0.1) is 0 Å². The molecule has 0 aromatic carbocycles. The predicted molar refractivity (Wildman–Crippen MR) is 46.6 cm³/mol. The smallest absolute Gasteiger partial charge is 0.0824 e. The van der Waals surface area contributed by atoms with E-state index in [-0.39, 0.29) is 11.5 Å². The van der Waals surface area contributed by atoms with Gasteiger partial charge >= 0.3 is 0 Å². The molecular formula is C9H20O2. The van der Waals surface area contributed by atoms with E-state index in [0.717, 1.165) is 6.42 Å². The van der Waals surface area contributed by atoms with Crippen molar-refractivity contribution in [3.63, 3.8) is 0 Å². The molecule has 0 saturated heterocycles. The molecule has 1 N–H and O–H groups in total. The molecule has 2 nitrogen and oxygen atoms in total. The van der Waals surface area contributed by atoms with Crippen LogP contribution < -0.4 is 0 Å². The largest absolute Gasteiger partial charge is 0.390 e. The number of aliphatic hydroxyl groups is 1. The van der Waals surface area contributed by atoms with Crippen LogP contribution in [0.15, 0.2) is 0 Å². The van der Waals surface area contributed by atoms with Crippen LogP contribution in [0.4, 0.5) is 0 Å². The third-order valence-corrected chi connectivity index (χ3v) is 2.29. The highest BCUT2D eigenvalue weighted by molar-refractivity contribution is 4.75. The first-order valence-electron chi connectivity index (χ1n) is 4.30. The third-order valence-electron chi connectivity index (χ3n) is 2.29. The Bertz CT molecular complexity index is 99.7. The van der Waals surface area contributed by atoms with E-state index in [1.54, 1.807) is 0 Å². The van der Waals surface area contributed by atoms with Crippen LogP contribution in [0.3, 0.4) is 0 Å². The number of ether oxygens (including phenoxy) is 1. The van der Waals surface area contributed by atoms with Gasteiger partial charge in [-0.1, -0.05) is 20.8 Å². The molecule has 0 aliphatic heterocycles. The van der Waals surface area contributed by atoms with Gasteiger partial charge in [-0.25, -0.2) is 0 Å². The standard InChI is InChI=1S/C9H20O2/c1-5-9(3,4)8(10)7-11-6-2/h8,10H,5-7H2,1-4H3. The van der Waals surface area contributed by atoms with Crippen molar-refractivity contribution < 1.29 is 9.84 Å². The van der Waals surface area contributed by atoms with E-state index in [2.05, 4.69) is 20.8 Å². The zero-order valence-corrected chi connectivity index (χ0v) is 8.05. The Labute approximate surface area is 69.6 Å². The Hall–Kier alpha value is -0.0800. The van der Waals surface area contributed by atoms with Crippen LogP contribution in [0.1, 0.15) is 34.1 Å². The number of aliphatic hydroxyl groups excluding tert-OH is 1. The van der Waals surface area contributed by atoms with Gasteiger partial charge in [0.2, 0.25) is 0 Å². The first-order valence-corrected chi connectivity index (χ1v) is 4.30. The van der Waals surface area contributed by atoms with Crippen LogP contribution in [-0.2, 0) is 4.74 Å². The molecule has 2 heteroatoms. The molecule has 0 rings (SSSR count). The summed E-state index contributed by atoms with van der Waals surface area (Å²) in [5.74, 6) is 0. The number of rotatable bonds is 5. The molecule has 68 valence electrons. The summed E-state index contributed by atoms with van der Waals surface area (Å²) < 4.78 is 5.13. The van der Waals surface area contributed by atoms with Crippen molar-refractivity contribution in [1.29, 1.82) is 0 Å². The average molecular weight is 160 g/mol. The van der Waals surface area contributed by atoms with Gasteiger partial charge in [-0.05, 0) is 18.8 Å². The lowest BCUT2D eigenvalue weighted by molar-refractivity contribution is -0.0258. The Morgan fingerprint density at radius 3 is 2.27 bits per heavy atom. The maximum absolute atomic E-state index is 9.58. The van der Waals surface area contributed by atoms with Crippen LogP contribution in [0.5, 0.6) is 0 Å². The normalized spacial score (nSPS) is 15.0. The Morgan fingerprint density at radius 1 is 1.36 bits per heavy atom. The van der Waals surface area contributed by atoms with Gasteiger partial charge in [-0.3, -0.25) is 0 Å². The Balaban J connectivity index is 3.71. The summed E-state index contributed by atoms with van der Waals surface area (Å²) in [5.41, 5.74) is -0.0187. The van der Waals surface area contributed by atoms with Crippen molar-refractivity contribution in [3.05, 3.63) is 0 Å². The van der Waals surface area contributed by atoms with Gasteiger partial charge in [0, 0.05) is 6.61 Å². The van der Waals surface area contributed by atoms with Crippen molar-refractivity contribution in [2.45, 2.75) is 40.2 Å². The number of hydrogen-bond donors (Lipinski definition) is 1. The summed E-state index contributed by atoms with van der Waals surface area (Å²) in [6, 6.07) is 0. The lowest BCUT2D eigenvalue weighted by Crippen LogP contribution is -2.32. The maximum atomic E-state index is 9.58. The molecular weight excluding hydrogens is 140 g/mol. The number of hydrogen-bond acceptors (Lipinski definition) is 2. The minimum atomic E-state index is -0.340. The lowest BCUT2D eigenvalue weighted by atomic mass is 9.84. The fraction of sp³-hybridized carbons (Fsp3) is 1.00. The highest BCUT2D eigenvalue weighted by atomic mass is 16.5. The molecule has 0 aromatic rings. The molecule has 0 fully saturated rings. The molecule has 0 spiro atoms. The topological polar surface area (TPSA) is 29.5 Å². The zero-order chi connectivity index (χ0) is 8.91. The maximum Gasteiger partial charge on any atom is 0.0824 e. The second-order valence-corrected chi connectivity index (χ2v) is 3.52. The van der Waals surface area contributed by atoms with Crippen LogP contribution in [0, 0.1) is 5.41 Å². The van der Waals surface area contributed by atoms with Gasteiger partial charge in [-0.2, -0.15) is 0 Å². The third kappa shape index (κ3) is 3.73. The monoisotopic (exact) mass is 160 g/mol. The molecule has 0 bridgehead atoms. The molecule has 1 unspecified atom stereocenters. The van der Waals surface area contributed by atoms with E-state index in [0.29, 0.717) is 13.2 Å². The van der Waals surface area contributed by atoms with Gasteiger partial charge in [0.15, 0.2) is 0 Å².